The third kappa shape index (κ3) is 4.81. The Morgan fingerprint density at radius 3 is 2.23 bits per heavy atom. The number of amides is 2. The molecule has 1 heterocycles. The summed E-state index contributed by atoms with van der Waals surface area (Å²) in [4.78, 5) is 17.0. The zero-order valence-electron chi connectivity index (χ0n) is 18.2. The third-order valence-corrected chi connectivity index (χ3v) is 8.14. The van der Waals surface area contributed by atoms with E-state index in [4.69, 9.17) is 0 Å². The Labute approximate surface area is 180 Å². The molecule has 2 amide bonds. The quantitative estimate of drug-likeness (QED) is 0.717. The summed E-state index contributed by atoms with van der Waals surface area (Å²) in [5.41, 5.74) is 5.90. The van der Waals surface area contributed by atoms with Gasteiger partial charge in [0.2, 0.25) is 10.0 Å². The first-order chi connectivity index (χ1) is 14.3. The summed E-state index contributed by atoms with van der Waals surface area (Å²) in [6.07, 6.45) is 8.27. The topological polar surface area (TPSA) is 81.8 Å². The van der Waals surface area contributed by atoms with Crippen LogP contribution in [0, 0.1) is 0 Å². The van der Waals surface area contributed by atoms with Crippen molar-refractivity contribution in [1.82, 2.24) is 14.5 Å². The average Bonchev–Trinajstić information content (AvgIpc) is 3.35. The zero-order valence-corrected chi connectivity index (χ0v) is 19.0. The number of aryl methyl sites for hydroxylation is 2. The smallest absolute Gasteiger partial charge is 0.307 e. The van der Waals surface area contributed by atoms with Crippen LogP contribution in [0.5, 0.6) is 0 Å². The summed E-state index contributed by atoms with van der Waals surface area (Å²) < 4.78 is 27.3. The second-order valence-corrected chi connectivity index (χ2v) is 11.0. The van der Waals surface area contributed by atoms with Crippen molar-refractivity contribution >= 4 is 21.7 Å². The molecule has 2 aliphatic carbocycles. The van der Waals surface area contributed by atoms with E-state index in [2.05, 4.69) is 40.0 Å². The molecule has 166 valence electrons. The molecule has 1 aromatic rings. The van der Waals surface area contributed by atoms with Gasteiger partial charge in [0.25, 0.3) is 0 Å². The summed E-state index contributed by atoms with van der Waals surface area (Å²) in [6.45, 7) is 2.25. The average molecular weight is 435 g/mol. The summed E-state index contributed by atoms with van der Waals surface area (Å²) in [5.74, 6) is -0.0575. The van der Waals surface area contributed by atoms with Crippen molar-refractivity contribution in [2.45, 2.75) is 57.4 Å². The fourth-order valence-electron chi connectivity index (χ4n) is 5.21. The Hall–Kier alpha value is -1.64. The molecule has 0 unspecified atom stereocenters. The van der Waals surface area contributed by atoms with Crippen molar-refractivity contribution in [1.29, 1.82) is 0 Å². The van der Waals surface area contributed by atoms with Crippen LogP contribution in [0.3, 0.4) is 0 Å². The zero-order chi connectivity index (χ0) is 21.3. The van der Waals surface area contributed by atoms with Gasteiger partial charge in [-0.15, -0.1) is 0 Å². The number of likely N-dealkylation sites (tertiary alicyclic amines) is 1. The third-order valence-electron chi connectivity index (χ3n) is 6.92. The van der Waals surface area contributed by atoms with Crippen LogP contribution in [0.2, 0.25) is 0 Å². The van der Waals surface area contributed by atoms with Gasteiger partial charge >= 0.3 is 6.03 Å². The fraction of sp³-hybridized carbons (Fsp3) is 0.682. The number of carbonyl (C=O) groups is 1. The minimum absolute atomic E-state index is 0.0575. The van der Waals surface area contributed by atoms with Crippen molar-refractivity contribution in [3.63, 3.8) is 0 Å². The van der Waals surface area contributed by atoms with E-state index in [1.165, 1.54) is 22.3 Å². The van der Waals surface area contributed by atoms with Crippen LogP contribution in [-0.4, -0.2) is 69.8 Å². The molecule has 0 atom stereocenters. The predicted octanol–water partition coefficient (Wildman–Crippen LogP) is 2.14. The number of benzene rings is 1. The number of sulfonamides is 1. The van der Waals surface area contributed by atoms with E-state index in [9.17, 15) is 13.2 Å². The van der Waals surface area contributed by atoms with Crippen LogP contribution in [0.25, 0.3) is 0 Å². The van der Waals surface area contributed by atoms with E-state index in [1.54, 1.807) is 0 Å². The molecule has 8 heteroatoms. The second kappa shape index (κ2) is 8.85. The molecule has 4 rings (SSSR count). The van der Waals surface area contributed by atoms with E-state index in [1.807, 2.05) is 0 Å². The van der Waals surface area contributed by atoms with Crippen molar-refractivity contribution in [2.75, 3.05) is 44.8 Å². The molecule has 1 aliphatic heterocycles. The largest absolute Gasteiger partial charge is 0.332 e. The Morgan fingerprint density at radius 1 is 1.07 bits per heavy atom. The number of carbonyl (C=O) groups excluding carboxylic acids is 1. The normalized spacial score (nSPS) is 19.7. The molecule has 7 nitrogen and oxygen atoms in total. The van der Waals surface area contributed by atoms with E-state index in [-0.39, 0.29) is 5.75 Å². The first kappa shape index (κ1) is 21.6. The summed E-state index contributed by atoms with van der Waals surface area (Å²) in [6, 6.07) is 2.23. The molecule has 2 N–H and O–H groups in total. The van der Waals surface area contributed by atoms with E-state index >= 15 is 0 Å². The first-order valence-electron chi connectivity index (χ1n) is 11.2. The fourth-order valence-corrected chi connectivity index (χ4v) is 6.14. The number of nitrogens with zero attached hydrogens (tertiary/aromatic N) is 2. The molecule has 30 heavy (non-hydrogen) atoms. The molecule has 0 bridgehead atoms. The lowest BCUT2D eigenvalue weighted by molar-refractivity contribution is 0.150. The Morgan fingerprint density at radius 2 is 1.67 bits per heavy atom. The van der Waals surface area contributed by atoms with Crippen LogP contribution < -0.4 is 10.0 Å². The maximum atomic E-state index is 12.6. The summed E-state index contributed by atoms with van der Waals surface area (Å²) >= 11 is 0. The van der Waals surface area contributed by atoms with E-state index in [0.717, 1.165) is 70.1 Å². The van der Waals surface area contributed by atoms with Gasteiger partial charge in [0.1, 0.15) is 0 Å². The van der Waals surface area contributed by atoms with Gasteiger partial charge < -0.3 is 15.1 Å². The number of nitrogens with one attached hydrogen (secondary N) is 2. The number of hydrogen-bond acceptors (Lipinski definition) is 5. The molecular formula is C22H34N4O3S. The van der Waals surface area contributed by atoms with Gasteiger partial charge in [-0.3, -0.25) is 0 Å². The van der Waals surface area contributed by atoms with Crippen LogP contribution in [-0.2, 0) is 35.7 Å². The number of urea groups is 1. The second-order valence-electron chi connectivity index (χ2n) is 9.15. The lowest BCUT2D eigenvalue weighted by Crippen LogP contribution is -2.45. The van der Waals surface area contributed by atoms with Crippen LogP contribution in [0.15, 0.2) is 6.07 Å². The van der Waals surface area contributed by atoms with Crippen molar-refractivity contribution in [3.8, 4) is 0 Å². The van der Waals surface area contributed by atoms with Gasteiger partial charge in [-0.2, -0.15) is 0 Å². The Balaban J connectivity index is 1.33. The molecule has 1 saturated heterocycles. The molecule has 0 spiro atoms. The van der Waals surface area contributed by atoms with Gasteiger partial charge in [0, 0.05) is 18.3 Å². The number of anilines is 1. The first-order valence-corrected chi connectivity index (χ1v) is 12.8. The molecular weight excluding hydrogens is 400 g/mol. The molecule has 1 aromatic carbocycles. The SMILES string of the molecule is CN(C)C1CCN(CCS(=O)(=O)NC(=O)Nc2c3c(cc4c2CCC4)CCC3)CC1. The van der Waals surface area contributed by atoms with Crippen molar-refractivity contribution in [3.05, 3.63) is 28.3 Å². The highest BCUT2D eigenvalue weighted by molar-refractivity contribution is 7.90. The minimum Gasteiger partial charge on any atom is -0.307 e. The Bertz CT molecular complexity index is 873. The monoisotopic (exact) mass is 434 g/mol. The number of hydrogen-bond donors (Lipinski definition) is 2. The maximum Gasteiger partial charge on any atom is 0.332 e. The summed E-state index contributed by atoms with van der Waals surface area (Å²) in [5, 5.41) is 2.91. The van der Waals surface area contributed by atoms with Crippen LogP contribution >= 0.6 is 0 Å². The van der Waals surface area contributed by atoms with E-state index in [0.29, 0.717) is 12.6 Å². The molecule has 1 fully saturated rings. The summed E-state index contributed by atoms with van der Waals surface area (Å²) in [7, 11) is 0.504. The predicted molar refractivity (Wildman–Crippen MR) is 120 cm³/mol. The van der Waals surface area contributed by atoms with Crippen LogP contribution in [0.1, 0.15) is 47.9 Å². The van der Waals surface area contributed by atoms with Gasteiger partial charge in [-0.25, -0.2) is 17.9 Å². The molecule has 0 aromatic heterocycles. The molecule has 3 aliphatic rings. The van der Waals surface area contributed by atoms with Gasteiger partial charge in [0.15, 0.2) is 0 Å². The lowest BCUT2D eigenvalue weighted by atomic mass is 9.99. The van der Waals surface area contributed by atoms with Gasteiger partial charge in [0.05, 0.1) is 5.75 Å². The highest BCUT2D eigenvalue weighted by Crippen LogP contribution is 2.38. The van der Waals surface area contributed by atoms with E-state index < -0.39 is 16.1 Å². The van der Waals surface area contributed by atoms with Crippen molar-refractivity contribution < 1.29 is 13.2 Å². The van der Waals surface area contributed by atoms with Gasteiger partial charge in [-0.1, -0.05) is 6.07 Å². The lowest BCUT2D eigenvalue weighted by Gasteiger charge is -2.35. The maximum absolute atomic E-state index is 12.6. The molecule has 0 radical (unpaired) electrons. The molecule has 0 saturated carbocycles. The number of rotatable bonds is 6. The van der Waals surface area contributed by atoms with Crippen molar-refractivity contribution in [2.24, 2.45) is 0 Å². The highest BCUT2D eigenvalue weighted by Gasteiger charge is 2.26. The highest BCUT2D eigenvalue weighted by atomic mass is 32.2. The number of fused-ring (bicyclic) bond motifs is 2. The van der Waals surface area contributed by atoms with Gasteiger partial charge in [-0.05, 0) is 101 Å². The minimum atomic E-state index is -3.67. The van der Waals surface area contributed by atoms with Crippen LogP contribution in [0.4, 0.5) is 10.5 Å². The standard InChI is InChI=1S/C22H34N4O3S/c1-25(2)18-9-11-26(12-10-18)13-14-30(28,29)24-22(27)23-21-19-7-3-5-16(19)15-17-6-4-8-20(17)21/h15,18H,3-14H2,1-2H3,(H2,23,24,27). The Kier molecular flexibility index (Phi) is 6.36. The number of piperidine rings is 1.